The first-order valence-electron chi connectivity index (χ1n) is 7.27. The Labute approximate surface area is 120 Å². The van der Waals surface area contributed by atoms with E-state index in [1.807, 2.05) is 4.68 Å². The number of nitrogens with zero attached hydrogens (tertiary/aromatic N) is 2. The van der Waals surface area contributed by atoms with Gasteiger partial charge in [0, 0.05) is 6.04 Å². The summed E-state index contributed by atoms with van der Waals surface area (Å²) in [5, 5.41) is 5.10. The minimum absolute atomic E-state index is 0.106. The van der Waals surface area contributed by atoms with Gasteiger partial charge in [0.25, 0.3) is 0 Å². The molecule has 1 aromatic rings. The van der Waals surface area contributed by atoms with Gasteiger partial charge >= 0.3 is 0 Å². The van der Waals surface area contributed by atoms with Crippen LogP contribution in [-0.4, -0.2) is 9.78 Å². The van der Waals surface area contributed by atoms with Gasteiger partial charge in [0.15, 0.2) is 0 Å². The summed E-state index contributed by atoms with van der Waals surface area (Å²) < 4.78 is 1.99. The lowest BCUT2D eigenvalue weighted by Gasteiger charge is -2.25. The molecule has 108 valence electrons. The Hall–Kier alpha value is -0.580. The predicted octanol–water partition coefficient (Wildman–Crippen LogP) is 3.45. The molecule has 1 saturated carbocycles. The standard InChI is InChI=1S/C14H25ClN4/c1-4-10-5-6-11(7-10)13(18-16)14-12(15)8-17-19(14)9(2)3/h8-11,13,18H,4-7,16H2,1-3H3. The zero-order valence-corrected chi connectivity index (χ0v) is 12.8. The summed E-state index contributed by atoms with van der Waals surface area (Å²) in [6.45, 7) is 6.50. The second-order valence-electron chi connectivity index (χ2n) is 5.91. The Kier molecular flexibility index (Phi) is 4.87. The van der Waals surface area contributed by atoms with Crippen LogP contribution < -0.4 is 11.3 Å². The Balaban J connectivity index is 2.25. The number of hydrogen-bond acceptors (Lipinski definition) is 3. The first kappa shape index (κ1) is 14.8. The van der Waals surface area contributed by atoms with Crippen LogP contribution in [0.5, 0.6) is 0 Å². The molecular formula is C14H25ClN4. The molecule has 2 rings (SSSR count). The Bertz CT molecular complexity index is 416. The van der Waals surface area contributed by atoms with E-state index in [9.17, 15) is 0 Å². The molecule has 1 aliphatic carbocycles. The number of nitrogens with one attached hydrogen (secondary N) is 1. The van der Waals surface area contributed by atoms with Crippen molar-refractivity contribution < 1.29 is 0 Å². The molecule has 0 saturated heterocycles. The zero-order chi connectivity index (χ0) is 14.0. The minimum Gasteiger partial charge on any atom is -0.271 e. The third-order valence-electron chi connectivity index (χ3n) is 4.38. The molecule has 1 aromatic heterocycles. The van der Waals surface area contributed by atoms with E-state index >= 15 is 0 Å². The fourth-order valence-corrected chi connectivity index (χ4v) is 3.53. The molecule has 0 aliphatic heterocycles. The Morgan fingerprint density at radius 3 is 2.79 bits per heavy atom. The van der Waals surface area contributed by atoms with E-state index in [4.69, 9.17) is 17.4 Å². The van der Waals surface area contributed by atoms with Gasteiger partial charge in [-0.25, -0.2) is 0 Å². The van der Waals surface area contributed by atoms with Crippen LogP contribution in [0.25, 0.3) is 0 Å². The first-order chi connectivity index (χ1) is 9.08. The summed E-state index contributed by atoms with van der Waals surface area (Å²) in [6, 6.07) is 0.399. The van der Waals surface area contributed by atoms with Crippen molar-refractivity contribution in [2.45, 2.75) is 58.5 Å². The molecule has 0 spiro atoms. The predicted molar refractivity (Wildman–Crippen MR) is 78.8 cm³/mol. The largest absolute Gasteiger partial charge is 0.271 e. The SMILES string of the molecule is CCC1CCC(C(NN)c2c(Cl)cnn2C(C)C)C1. The molecule has 0 radical (unpaired) electrons. The number of nitrogens with two attached hydrogens (primary N) is 1. The monoisotopic (exact) mass is 284 g/mol. The maximum Gasteiger partial charge on any atom is 0.0834 e. The minimum atomic E-state index is 0.106. The molecule has 3 N–H and O–H groups in total. The molecule has 1 heterocycles. The molecule has 1 fully saturated rings. The van der Waals surface area contributed by atoms with E-state index in [-0.39, 0.29) is 6.04 Å². The molecular weight excluding hydrogens is 260 g/mol. The van der Waals surface area contributed by atoms with Crippen molar-refractivity contribution in [2.24, 2.45) is 17.7 Å². The quantitative estimate of drug-likeness (QED) is 0.643. The van der Waals surface area contributed by atoms with Gasteiger partial charge in [-0.15, -0.1) is 0 Å². The van der Waals surface area contributed by atoms with Crippen molar-refractivity contribution in [1.29, 1.82) is 0 Å². The maximum absolute atomic E-state index is 6.33. The fourth-order valence-electron chi connectivity index (χ4n) is 3.28. The smallest absolute Gasteiger partial charge is 0.0834 e. The van der Waals surface area contributed by atoms with Crippen LogP contribution in [0.2, 0.25) is 5.02 Å². The van der Waals surface area contributed by atoms with Crippen molar-refractivity contribution in [3.05, 3.63) is 16.9 Å². The van der Waals surface area contributed by atoms with E-state index in [0.29, 0.717) is 12.0 Å². The first-order valence-corrected chi connectivity index (χ1v) is 7.65. The number of aromatic nitrogens is 2. The zero-order valence-electron chi connectivity index (χ0n) is 12.1. The maximum atomic E-state index is 6.33. The van der Waals surface area contributed by atoms with Gasteiger partial charge in [0.2, 0.25) is 0 Å². The molecule has 0 amide bonds. The third kappa shape index (κ3) is 2.96. The van der Waals surface area contributed by atoms with Crippen molar-refractivity contribution in [2.75, 3.05) is 0 Å². The van der Waals surface area contributed by atoms with Crippen LogP contribution in [0.4, 0.5) is 0 Å². The van der Waals surface area contributed by atoms with Crippen molar-refractivity contribution >= 4 is 11.6 Å². The van der Waals surface area contributed by atoms with Crippen molar-refractivity contribution in [3.8, 4) is 0 Å². The van der Waals surface area contributed by atoms with Gasteiger partial charge in [-0.2, -0.15) is 5.10 Å². The van der Waals surface area contributed by atoms with Gasteiger partial charge in [0.1, 0.15) is 0 Å². The highest BCUT2D eigenvalue weighted by molar-refractivity contribution is 6.31. The summed E-state index contributed by atoms with van der Waals surface area (Å²) in [4.78, 5) is 0. The second-order valence-corrected chi connectivity index (χ2v) is 6.32. The van der Waals surface area contributed by atoms with Crippen LogP contribution in [0.1, 0.15) is 64.2 Å². The second kappa shape index (κ2) is 6.25. The number of halogens is 1. The van der Waals surface area contributed by atoms with Gasteiger partial charge in [-0.3, -0.25) is 16.0 Å². The van der Waals surface area contributed by atoms with E-state index < -0.39 is 0 Å². The van der Waals surface area contributed by atoms with E-state index in [2.05, 4.69) is 31.3 Å². The fraction of sp³-hybridized carbons (Fsp3) is 0.786. The highest BCUT2D eigenvalue weighted by Crippen LogP contribution is 2.42. The average Bonchev–Trinajstić information content (AvgIpc) is 2.99. The van der Waals surface area contributed by atoms with E-state index in [1.54, 1.807) is 6.20 Å². The third-order valence-corrected chi connectivity index (χ3v) is 4.67. The van der Waals surface area contributed by atoms with E-state index in [0.717, 1.165) is 16.6 Å². The number of hydrogen-bond donors (Lipinski definition) is 2. The average molecular weight is 285 g/mol. The highest BCUT2D eigenvalue weighted by atomic mass is 35.5. The molecule has 19 heavy (non-hydrogen) atoms. The van der Waals surface area contributed by atoms with Crippen LogP contribution in [0, 0.1) is 11.8 Å². The van der Waals surface area contributed by atoms with Crippen LogP contribution in [-0.2, 0) is 0 Å². The van der Waals surface area contributed by atoms with Gasteiger partial charge in [-0.1, -0.05) is 31.4 Å². The van der Waals surface area contributed by atoms with Crippen LogP contribution in [0.3, 0.4) is 0 Å². The summed E-state index contributed by atoms with van der Waals surface area (Å²) in [6.07, 6.45) is 6.73. The molecule has 4 nitrogen and oxygen atoms in total. The molecule has 0 aromatic carbocycles. The lowest BCUT2D eigenvalue weighted by molar-refractivity contribution is 0.331. The summed E-state index contributed by atoms with van der Waals surface area (Å²) in [5.74, 6) is 7.20. The summed E-state index contributed by atoms with van der Waals surface area (Å²) in [7, 11) is 0. The molecule has 5 heteroatoms. The summed E-state index contributed by atoms with van der Waals surface area (Å²) in [5.41, 5.74) is 4.02. The van der Waals surface area contributed by atoms with Crippen LogP contribution in [0.15, 0.2) is 6.20 Å². The van der Waals surface area contributed by atoms with Gasteiger partial charge in [-0.05, 0) is 38.5 Å². The van der Waals surface area contributed by atoms with E-state index in [1.165, 1.54) is 25.7 Å². The Morgan fingerprint density at radius 1 is 1.53 bits per heavy atom. The summed E-state index contributed by atoms with van der Waals surface area (Å²) >= 11 is 6.33. The van der Waals surface area contributed by atoms with Crippen LogP contribution >= 0.6 is 11.6 Å². The lowest BCUT2D eigenvalue weighted by Crippen LogP contribution is -2.35. The van der Waals surface area contributed by atoms with Crippen molar-refractivity contribution in [3.63, 3.8) is 0 Å². The molecule has 3 atom stereocenters. The number of rotatable bonds is 5. The topological polar surface area (TPSA) is 55.9 Å². The normalized spacial score (nSPS) is 25.2. The Morgan fingerprint density at radius 2 is 2.26 bits per heavy atom. The lowest BCUT2D eigenvalue weighted by atomic mass is 9.93. The molecule has 3 unspecified atom stereocenters. The van der Waals surface area contributed by atoms with Gasteiger partial charge in [0.05, 0.1) is 23.0 Å². The highest BCUT2D eigenvalue weighted by Gasteiger charge is 2.33. The van der Waals surface area contributed by atoms with Gasteiger partial charge < -0.3 is 0 Å². The molecule has 0 bridgehead atoms. The van der Waals surface area contributed by atoms with Crippen molar-refractivity contribution in [1.82, 2.24) is 15.2 Å². The number of hydrazine groups is 1. The molecule has 1 aliphatic rings.